The van der Waals surface area contributed by atoms with Gasteiger partial charge in [-0.25, -0.2) is 4.98 Å². The first kappa shape index (κ1) is 19.7. The van der Waals surface area contributed by atoms with Gasteiger partial charge in [-0.3, -0.25) is 14.2 Å². The van der Waals surface area contributed by atoms with Crippen LogP contribution in [0.5, 0.6) is 0 Å². The fraction of sp³-hybridized carbons (Fsp3) is 0.571. The molecule has 0 radical (unpaired) electrons. The van der Waals surface area contributed by atoms with Gasteiger partial charge < -0.3 is 4.90 Å². The normalized spacial score (nSPS) is 18.1. The molecule has 2 aliphatic rings. The molecule has 1 aliphatic carbocycles. The molecule has 7 heteroatoms. The van der Waals surface area contributed by atoms with Crippen LogP contribution in [0, 0.1) is 0 Å². The first-order chi connectivity index (χ1) is 13.6. The second kappa shape index (κ2) is 8.41. The standard InChI is InChI=1S/C21H27N3O2S2/c1-3-11-24-20(26)17-15-9-8-10-16(15)28-18(17)22-21(24)27-14(2)19(25)23-12-6-4-5-7-13-23/h3,14H,1,4-13H2,2H3/t14-/m0/s1. The van der Waals surface area contributed by atoms with E-state index >= 15 is 0 Å². The number of likely N-dealkylation sites (tertiary alicyclic amines) is 1. The highest BCUT2D eigenvalue weighted by Gasteiger charge is 2.27. The van der Waals surface area contributed by atoms with E-state index in [2.05, 4.69) is 6.58 Å². The van der Waals surface area contributed by atoms with Gasteiger partial charge in [-0.1, -0.05) is 30.7 Å². The summed E-state index contributed by atoms with van der Waals surface area (Å²) in [6, 6.07) is 0. The summed E-state index contributed by atoms with van der Waals surface area (Å²) >= 11 is 3.06. The molecule has 1 saturated heterocycles. The van der Waals surface area contributed by atoms with Crippen molar-refractivity contribution < 1.29 is 4.79 Å². The summed E-state index contributed by atoms with van der Waals surface area (Å²) in [7, 11) is 0. The van der Waals surface area contributed by atoms with Crippen LogP contribution in [-0.2, 0) is 24.2 Å². The summed E-state index contributed by atoms with van der Waals surface area (Å²) in [5.41, 5.74) is 1.21. The summed E-state index contributed by atoms with van der Waals surface area (Å²) in [5, 5.41) is 1.16. The van der Waals surface area contributed by atoms with Gasteiger partial charge in [0.05, 0.1) is 10.6 Å². The van der Waals surface area contributed by atoms with Gasteiger partial charge in [0.25, 0.3) is 5.56 Å². The van der Waals surface area contributed by atoms with E-state index in [0.717, 1.165) is 55.4 Å². The quantitative estimate of drug-likeness (QED) is 0.419. The molecule has 28 heavy (non-hydrogen) atoms. The van der Waals surface area contributed by atoms with Crippen LogP contribution < -0.4 is 5.56 Å². The Labute approximate surface area is 173 Å². The maximum Gasteiger partial charge on any atom is 0.263 e. The van der Waals surface area contributed by atoms with Gasteiger partial charge in [-0.05, 0) is 44.6 Å². The number of nitrogens with zero attached hydrogens (tertiary/aromatic N) is 3. The largest absolute Gasteiger partial charge is 0.342 e. The number of amides is 1. The average molecular weight is 418 g/mol. The highest BCUT2D eigenvalue weighted by Crippen LogP contribution is 2.36. The number of hydrogen-bond acceptors (Lipinski definition) is 5. The molecule has 150 valence electrons. The lowest BCUT2D eigenvalue weighted by molar-refractivity contribution is -0.130. The molecule has 1 fully saturated rings. The summed E-state index contributed by atoms with van der Waals surface area (Å²) in [5.74, 6) is 0.153. The molecule has 0 N–H and O–H groups in total. The van der Waals surface area contributed by atoms with Crippen LogP contribution in [0.1, 0.15) is 49.5 Å². The van der Waals surface area contributed by atoms with Crippen molar-refractivity contribution in [3.63, 3.8) is 0 Å². The molecule has 0 aromatic carbocycles. The molecule has 0 bridgehead atoms. The highest BCUT2D eigenvalue weighted by molar-refractivity contribution is 8.00. The van der Waals surface area contributed by atoms with Crippen molar-refractivity contribution in [2.45, 2.75) is 68.8 Å². The summed E-state index contributed by atoms with van der Waals surface area (Å²) in [4.78, 5) is 35.1. The number of carbonyl (C=O) groups excluding carboxylic acids is 1. The Morgan fingerprint density at radius 2 is 2.00 bits per heavy atom. The molecule has 4 rings (SSSR count). The molecule has 3 heterocycles. The number of aryl methyl sites for hydroxylation is 2. The number of rotatable bonds is 5. The predicted octanol–water partition coefficient (Wildman–Crippen LogP) is 4.02. The highest BCUT2D eigenvalue weighted by atomic mass is 32.2. The second-order valence-electron chi connectivity index (χ2n) is 7.64. The Bertz CT molecular complexity index is 955. The number of carbonyl (C=O) groups is 1. The van der Waals surface area contributed by atoms with Crippen LogP contribution in [0.2, 0.25) is 0 Å². The van der Waals surface area contributed by atoms with Crippen molar-refractivity contribution in [2.75, 3.05) is 13.1 Å². The fourth-order valence-corrected chi connectivity index (χ4v) is 6.50. The van der Waals surface area contributed by atoms with Crippen molar-refractivity contribution in [2.24, 2.45) is 0 Å². The van der Waals surface area contributed by atoms with E-state index in [1.807, 2.05) is 11.8 Å². The molecular formula is C21H27N3O2S2. The molecule has 1 amide bonds. The number of thioether (sulfide) groups is 1. The van der Waals surface area contributed by atoms with Crippen LogP contribution in [0.15, 0.2) is 22.6 Å². The van der Waals surface area contributed by atoms with Crippen LogP contribution in [0.25, 0.3) is 10.2 Å². The molecule has 0 unspecified atom stereocenters. The lowest BCUT2D eigenvalue weighted by Gasteiger charge is -2.24. The van der Waals surface area contributed by atoms with E-state index in [1.54, 1.807) is 22.0 Å². The molecule has 2 aromatic rings. The van der Waals surface area contributed by atoms with E-state index in [1.165, 1.54) is 35.0 Å². The van der Waals surface area contributed by atoms with Gasteiger partial charge in [0.15, 0.2) is 5.16 Å². The van der Waals surface area contributed by atoms with E-state index in [4.69, 9.17) is 4.98 Å². The average Bonchev–Trinajstić information content (AvgIpc) is 3.14. The molecular weight excluding hydrogens is 390 g/mol. The zero-order valence-corrected chi connectivity index (χ0v) is 18.0. The van der Waals surface area contributed by atoms with Crippen LogP contribution in [0.3, 0.4) is 0 Å². The van der Waals surface area contributed by atoms with Crippen LogP contribution in [0.4, 0.5) is 0 Å². The van der Waals surface area contributed by atoms with Gasteiger partial charge >= 0.3 is 0 Å². The monoisotopic (exact) mass is 417 g/mol. The zero-order valence-electron chi connectivity index (χ0n) is 16.4. The zero-order chi connectivity index (χ0) is 19.7. The fourth-order valence-electron chi connectivity index (χ4n) is 4.19. The van der Waals surface area contributed by atoms with Gasteiger partial charge in [-0.15, -0.1) is 17.9 Å². The third-order valence-corrected chi connectivity index (χ3v) is 7.91. The van der Waals surface area contributed by atoms with Gasteiger partial charge in [0.1, 0.15) is 4.83 Å². The SMILES string of the molecule is C=CCn1c(S[C@@H](C)C(=O)N2CCCCCC2)nc2sc3c(c2c1=O)CCC3. The third kappa shape index (κ3) is 3.66. The summed E-state index contributed by atoms with van der Waals surface area (Å²) < 4.78 is 1.69. The molecule has 2 aromatic heterocycles. The maximum absolute atomic E-state index is 13.2. The van der Waals surface area contributed by atoms with Crippen LogP contribution in [-0.4, -0.2) is 38.7 Å². The van der Waals surface area contributed by atoms with Gasteiger partial charge in [0.2, 0.25) is 5.91 Å². The molecule has 5 nitrogen and oxygen atoms in total. The maximum atomic E-state index is 13.2. The Balaban J connectivity index is 1.65. The number of allylic oxidation sites excluding steroid dienone is 1. The topological polar surface area (TPSA) is 55.2 Å². The van der Waals surface area contributed by atoms with Crippen molar-refractivity contribution in [3.8, 4) is 0 Å². The first-order valence-corrected chi connectivity index (χ1v) is 11.9. The Morgan fingerprint density at radius 1 is 1.25 bits per heavy atom. The van der Waals surface area contributed by atoms with E-state index < -0.39 is 0 Å². The predicted molar refractivity (Wildman–Crippen MR) is 116 cm³/mol. The van der Waals surface area contributed by atoms with E-state index in [0.29, 0.717) is 11.7 Å². The third-order valence-electron chi connectivity index (χ3n) is 5.65. The molecule has 0 saturated carbocycles. The molecule has 1 atom stereocenters. The van der Waals surface area contributed by atoms with Crippen molar-refractivity contribution in [1.82, 2.24) is 14.5 Å². The second-order valence-corrected chi connectivity index (χ2v) is 10.0. The molecule has 0 spiro atoms. The lowest BCUT2D eigenvalue weighted by atomic mass is 10.2. The molecule has 1 aliphatic heterocycles. The van der Waals surface area contributed by atoms with E-state index in [-0.39, 0.29) is 16.7 Å². The van der Waals surface area contributed by atoms with Gasteiger partial charge in [-0.2, -0.15) is 0 Å². The number of fused-ring (bicyclic) bond motifs is 3. The van der Waals surface area contributed by atoms with Crippen molar-refractivity contribution in [1.29, 1.82) is 0 Å². The summed E-state index contributed by atoms with van der Waals surface area (Å²) in [6.45, 7) is 7.84. The lowest BCUT2D eigenvalue weighted by Crippen LogP contribution is -2.37. The number of thiophene rings is 1. The summed E-state index contributed by atoms with van der Waals surface area (Å²) in [6.07, 6.45) is 9.42. The van der Waals surface area contributed by atoms with Gasteiger partial charge in [0, 0.05) is 24.5 Å². The minimum absolute atomic E-state index is 0.0150. The number of hydrogen-bond donors (Lipinski definition) is 0. The van der Waals surface area contributed by atoms with Crippen molar-refractivity contribution >= 4 is 39.2 Å². The Hall–Kier alpha value is -1.60. The Morgan fingerprint density at radius 3 is 2.71 bits per heavy atom. The Kier molecular flexibility index (Phi) is 5.92. The smallest absolute Gasteiger partial charge is 0.263 e. The number of aromatic nitrogens is 2. The van der Waals surface area contributed by atoms with Crippen LogP contribution >= 0.6 is 23.1 Å². The van der Waals surface area contributed by atoms with E-state index in [9.17, 15) is 9.59 Å². The minimum Gasteiger partial charge on any atom is -0.342 e. The minimum atomic E-state index is -0.259. The first-order valence-electron chi connectivity index (χ1n) is 10.2. The van der Waals surface area contributed by atoms with Crippen molar-refractivity contribution in [3.05, 3.63) is 33.4 Å².